The second-order valence-electron chi connectivity index (χ2n) is 8.04. The fourth-order valence-corrected chi connectivity index (χ4v) is 5.26. The summed E-state index contributed by atoms with van der Waals surface area (Å²) in [4.78, 5) is 50.3. The fraction of sp³-hybridized carbons (Fsp3) is 0.192. The molecule has 1 aliphatic carbocycles. The molecular weight excluding hydrogens is 518 g/mol. The summed E-state index contributed by atoms with van der Waals surface area (Å²) in [7, 11) is 1.27. The maximum absolute atomic E-state index is 12.4. The normalized spacial score (nSPS) is 12.5. The van der Waals surface area contributed by atoms with Crippen LogP contribution in [0.5, 0.6) is 5.75 Å². The first-order valence-electron chi connectivity index (χ1n) is 11.2. The van der Waals surface area contributed by atoms with Gasteiger partial charge in [0.2, 0.25) is 0 Å². The molecule has 37 heavy (non-hydrogen) atoms. The maximum Gasteiger partial charge on any atom is 0.345 e. The van der Waals surface area contributed by atoms with Crippen LogP contribution in [0, 0.1) is 0 Å². The van der Waals surface area contributed by atoms with Crippen LogP contribution in [0.25, 0.3) is 0 Å². The number of hydrazone groups is 1. The highest BCUT2D eigenvalue weighted by molar-refractivity contribution is 7.17. The van der Waals surface area contributed by atoms with Crippen molar-refractivity contribution in [1.29, 1.82) is 0 Å². The first kappa shape index (κ1) is 26.1. The third kappa shape index (κ3) is 5.87. The SMILES string of the molecule is COC(=O)c1c(NC(=O)C(=O)N/N=C(\C)c2ccc(OC(=O)c3ccccc3Cl)cc2)sc2c1CCC2. The Morgan fingerprint density at radius 1 is 0.973 bits per heavy atom. The van der Waals surface area contributed by atoms with Gasteiger partial charge in [-0.25, -0.2) is 15.0 Å². The highest BCUT2D eigenvalue weighted by Crippen LogP contribution is 2.39. The van der Waals surface area contributed by atoms with Crippen molar-refractivity contribution in [1.82, 2.24) is 5.43 Å². The zero-order chi connectivity index (χ0) is 26.5. The van der Waals surface area contributed by atoms with Gasteiger partial charge in [0.15, 0.2) is 0 Å². The Bertz CT molecular complexity index is 1410. The summed E-state index contributed by atoms with van der Waals surface area (Å²) in [5.41, 5.74) is 4.66. The molecule has 0 fully saturated rings. The number of carbonyl (C=O) groups is 4. The van der Waals surface area contributed by atoms with Crippen LogP contribution in [-0.4, -0.2) is 36.6 Å². The number of ether oxygens (including phenoxy) is 2. The van der Waals surface area contributed by atoms with Gasteiger partial charge in [-0.05, 0) is 73.7 Å². The standard InChI is InChI=1S/C26H22ClN3O6S/c1-14(15-10-12-16(13-11-15)36-25(33)17-6-3-4-8-19(17)27)29-30-23(32)22(31)28-24-21(26(34)35-2)18-7-5-9-20(18)37-24/h3-4,6,8,10-13H,5,7,9H2,1-2H3,(H,28,31)(H,30,32)/b29-14+. The average Bonchev–Trinajstić information content (AvgIpc) is 3.48. The molecule has 3 aromatic rings. The number of aryl methyl sites for hydroxylation is 1. The van der Waals surface area contributed by atoms with Gasteiger partial charge in [0.05, 0.1) is 29.0 Å². The minimum Gasteiger partial charge on any atom is -0.465 e. The molecule has 190 valence electrons. The Morgan fingerprint density at radius 2 is 1.70 bits per heavy atom. The maximum atomic E-state index is 12.4. The number of hydrogen-bond donors (Lipinski definition) is 2. The van der Waals surface area contributed by atoms with Gasteiger partial charge in [-0.15, -0.1) is 11.3 Å². The Morgan fingerprint density at radius 3 is 2.41 bits per heavy atom. The Kier molecular flexibility index (Phi) is 8.00. The first-order valence-corrected chi connectivity index (χ1v) is 12.4. The van der Waals surface area contributed by atoms with Crippen molar-refractivity contribution in [3.05, 3.63) is 80.7 Å². The molecule has 1 heterocycles. The summed E-state index contributed by atoms with van der Waals surface area (Å²) in [5.74, 6) is -2.79. The van der Waals surface area contributed by atoms with Gasteiger partial charge in [-0.1, -0.05) is 23.7 Å². The number of nitrogens with zero attached hydrogens (tertiary/aromatic N) is 1. The smallest absolute Gasteiger partial charge is 0.345 e. The quantitative estimate of drug-likeness (QED) is 0.158. The van der Waals surface area contributed by atoms with Crippen molar-refractivity contribution >= 4 is 57.4 Å². The van der Waals surface area contributed by atoms with Gasteiger partial charge < -0.3 is 14.8 Å². The van der Waals surface area contributed by atoms with Crippen LogP contribution in [0.1, 0.15) is 50.1 Å². The third-order valence-corrected chi connectivity index (χ3v) is 7.18. The number of benzene rings is 2. The lowest BCUT2D eigenvalue weighted by Crippen LogP contribution is -2.33. The van der Waals surface area contributed by atoms with Crippen molar-refractivity contribution < 1.29 is 28.7 Å². The molecule has 1 aliphatic rings. The lowest BCUT2D eigenvalue weighted by molar-refractivity contribution is -0.136. The van der Waals surface area contributed by atoms with E-state index in [0.717, 1.165) is 29.7 Å². The van der Waals surface area contributed by atoms with E-state index in [4.69, 9.17) is 21.1 Å². The number of esters is 2. The van der Waals surface area contributed by atoms with Crippen LogP contribution < -0.4 is 15.5 Å². The van der Waals surface area contributed by atoms with E-state index in [1.807, 2.05) is 0 Å². The predicted molar refractivity (Wildman–Crippen MR) is 140 cm³/mol. The number of rotatable bonds is 6. The molecule has 9 nitrogen and oxygen atoms in total. The van der Waals surface area contributed by atoms with Gasteiger partial charge in [0.25, 0.3) is 0 Å². The lowest BCUT2D eigenvalue weighted by atomic mass is 10.1. The van der Waals surface area contributed by atoms with Crippen LogP contribution in [0.2, 0.25) is 5.02 Å². The molecule has 1 aromatic heterocycles. The molecule has 0 saturated heterocycles. The molecule has 0 aliphatic heterocycles. The minimum atomic E-state index is -0.992. The summed E-state index contributed by atoms with van der Waals surface area (Å²) >= 11 is 7.30. The van der Waals surface area contributed by atoms with Crippen molar-refractivity contribution in [2.75, 3.05) is 12.4 Å². The van der Waals surface area contributed by atoms with Crippen molar-refractivity contribution in [2.24, 2.45) is 5.10 Å². The molecule has 2 N–H and O–H groups in total. The molecular formula is C26H22ClN3O6S. The molecule has 11 heteroatoms. The second-order valence-corrected chi connectivity index (χ2v) is 9.55. The predicted octanol–water partition coefficient (Wildman–Crippen LogP) is 4.37. The largest absolute Gasteiger partial charge is 0.465 e. The van der Waals surface area contributed by atoms with Crippen LogP contribution in [0.3, 0.4) is 0 Å². The molecule has 0 saturated carbocycles. The molecule has 0 atom stereocenters. The number of anilines is 1. The van der Waals surface area contributed by atoms with Crippen LogP contribution in [0.4, 0.5) is 5.00 Å². The molecule has 4 rings (SSSR count). The monoisotopic (exact) mass is 539 g/mol. The van der Waals surface area contributed by atoms with E-state index in [1.165, 1.54) is 18.4 Å². The van der Waals surface area contributed by atoms with Crippen molar-refractivity contribution in [3.8, 4) is 5.75 Å². The molecule has 2 amide bonds. The van der Waals surface area contributed by atoms with E-state index < -0.39 is 23.8 Å². The van der Waals surface area contributed by atoms with E-state index in [9.17, 15) is 19.2 Å². The zero-order valence-corrected chi connectivity index (χ0v) is 21.5. The topological polar surface area (TPSA) is 123 Å². The summed E-state index contributed by atoms with van der Waals surface area (Å²) in [6.07, 6.45) is 2.46. The summed E-state index contributed by atoms with van der Waals surface area (Å²) in [6.45, 7) is 1.64. The average molecular weight is 540 g/mol. The van der Waals surface area contributed by atoms with Crippen LogP contribution >= 0.6 is 22.9 Å². The van der Waals surface area contributed by atoms with Crippen molar-refractivity contribution in [3.63, 3.8) is 0 Å². The molecule has 0 spiro atoms. The Balaban J connectivity index is 1.37. The molecule has 0 bridgehead atoms. The highest BCUT2D eigenvalue weighted by atomic mass is 35.5. The number of nitrogens with one attached hydrogen (secondary N) is 2. The lowest BCUT2D eigenvalue weighted by Gasteiger charge is -2.08. The van der Waals surface area contributed by atoms with E-state index in [0.29, 0.717) is 27.6 Å². The molecule has 2 aromatic carbocycles. The summed E-state index contributed by atoms with van der Waals surface area (Å²) < 4.78 is 10.2. The number of methoxy groups -OCH3 is 1. The minimum absolute atomic E-state index is 0.248. The van der Waals surface area contributed by atoms with E-state index in [-0.39, 0.29) is 10.6 Å². The summed E-state index contributed by atoms with van der Waals surface area (Å²) in [5, 5.41) is 7.05. The summed E-state index contributed by atoms with van der Waals surface area (Å²) in [6, 6.07) is 13.0. The number of carbonyl (C=O) groups excluding carboxylic acids is 4. The Labute approximate surface area is 221 Å². The van der Waals surface area contributed by atoms with Crippen LogP contribution in [0.15, 0.2) is 53.6 Å². The molecule has 0 unspecified atom stereocenters. The van der Waals surface area contributed by atoms with E-state index in [2.05, 4.69) is 15.8 Å². The third-order valence-electron chi connectivity index (χ3n) is 5.65. The highest BCUT2D eigenvalue weighted by Gasteiger charge is 2.29. The second kappa shape index (κ2) is 11.4. The van der Waals surface area contributed by atoms with E-state index in [1.54, 1.807) is 55.5 Å². The van der Waals surface area contributed by atoms with Gasteiger partial charge in [-0.2, -0.15) is 5.10 Å². The number of thiophene rings is 1. The number of hydrogen-bond acceptors (Lipinski definition) is 8. The van der Waals surface area contributed by atoms with Gasteiger partial charge in [0.1, 0.15) is 10.8 Å². The zero-order valence-electron chi connectivity index (χ0n) is 19.9. The van der Waals surface area contributed by atoms with E-state index >= 15 is 0 Å². The number of fused-ring (bicyclic) bond motifs is 1. The number of halogens is 1. The van der Waals surface area contributed by atoms with Gasteiger partial charge in [-0.3, -0.25) is 9.59 Å². The van der Waals surface area contributed by atoms with Gasteiger partial charge >= 0.3 is 23.8 Å². The number of amides is 2. The van der Waals surface area contributed by atoms with Gasteiger partial charge in [0, 0.05) is 4.88 Å². The van der Waals surface area contributed by atoms with Crippen molar-refractivity contribution in [2.45, 2.75) is 26.2 Å². The Hall–Kier alpha value is -4.02. The van der Waals surface area contributed by atoms with Crippen LogP contribution in [-0.2, 0) is 27.2 Å². The fourth-order valence-electron chi connectivity index (χ4n) is 3.77. The molecule has 0 radical (unpaired) electrons. The first-order chi connectivity index (χ1) is 17.8.